The van der Waals surface area contributed by atoms with Gasteiger partial charge in [0.15, 0.2) is 10.9 Å². The van der Waals surface area contributed by atoms with Crippen LogP contribution in [-0.4, -0.2) is 27.0 Å². The number of halogens is 4. The fourth-order valence-electron chi connectivity index (χ4n) is 2.98. The van der Waals surface area contributed by atoms with E-state index in [-0.39, 0.29) is 32.5 Å². The zero-order valence-corrected chi connectivity index (χ0v) is 16.9. The lowest BCUT2D eigenvalue weighted by Crippen LogP contribution is -2.32. The van der Waals surface area contributed by atoms with Crippen LogP contribution in [0.3, 0.4) is 0 Å². The number of nitrogens with zero attached hydrogens (tertiary/aromatic N) is 4. The van der Waals surface area contributed by atoms with Crippen LogP contribution >= 0.6 is 22.9 Å². The Balaban J connectivity index is 1.69. The average Bonchev–Trinajstić information content (AvgIpc) is 3.34. The molecule has 2 aromatic heterocycles. The molecule has 5 nitrogen and oxygen atoms in total. The summed E-state index contributed by atoms with van der Waals surface area (Å²) in [4.78, 5) is 22.7. The fraction of sp³-hybridized carbons (Fsp3) is 0.150. The van der Waals surface area contributed by atoms with Crippen molar-refractivity contribution in [2.24, 2.45) is 0 Å². The highest BCUT2D eigenvalue weighted by Crippen LogP contribution is 2.33. The minimum atomic E-state index is -0.807. The molecule has 0 saturated heterocycles. The molecule has 2 heterocycles. The predicted octanol–water partition coefficient (Wildman–Crippen LogP) is 5.30. The Hall–Kier alpha value is -2.91. The number of hydrogen-bond donors (Lipinski definition) is 0. The zero-order chi connectivity index (χ0) is 21.3. The number of carbonyl (C=O) groups is 1. The summed E-state index contributed by atoms with van der Waals surface area (Å²) in [6.07, 6.45) is 5.62. The van der Waals surface area contributed by atoms with Crippen molar-refractivity contribution in [3.8, 4) is 0 Å². The van der Waals surface area contributed by atoms with Crippen molar-refractivity contribution in [3.05, 3.63) is 77.1 Å². The first kappa shape index (κ1) is 20.4. The summed E-state index contributed by atoms with van der Waals surface area (Å²) in [5.41, 5.74) is 0.0700. The second kappa shape index (κ2) is 8.45. The molecule has 0 aliphatic rings. The second-order valence-corrected chi connectivity index (χ2v) is 7.88. The van der Waals surface area contributed by atoms with Crippen molar-refractivity contribution in [2.75, 3.05) is 11.4 Å². The van der Waals surface area contributed by atoms with Gasteiger partial charge in [0.2, 0.25) is 0 Å². The molecule has 0 aliphatic heterocycles. The van der Waals surface area contributed by atoms with E-state index in [1.807, 2.05) is 4.57 Å². The van der Waals surface area contributed by atoms with Crippen molar-refractivity contribution in [1.29, 1.82) is 0 Å². The number of amides is 1. The largest absolute Gasteiger partial charge is 0.337 e. The summed E-state index contributed by atoms with van der Waals surface area (Å²) in [5.74, 6) is -2.61. The summed E-state index contributed by atoms with van der Waals surface area (Å²) in [7, 11) is 0. The van der Waals surface area contributed by atoms with Gasteiger partial charge in [-0.2, -0.15) is 0 Å². The standard InChI is InChI=1S/C20H14ClF3N4OS/c21-15-8-12(22)2-3-14(15)19(29)28(6-1-5-27-7-4-25-11-27)20-26-18-16(24)9-13(23)10-17(18)30-20/h2-4,7-11H,1,5-6H2. The van der Waals surface area contributed by atoms with Crippen LogP contribution in [0.2, 0.25) is 5.02 Å². The number of benzene rings is 2. The molecule has 0 radical (unpaired) electrons. The number of rotatable bonds is 6. The molecular formula is C20H14ClF3N4OS. The van der Waals surface area contributed by atoms with Gasteiger partial charge in [0.25, 0.3) is 5.91 Å². The Labute approximate surface area is 178 Å². The van der Waals surface area contributed by atoms with Gasteiger partial charge in [-0.3, -0.25) is 9.69 Å². The number of aromatic nitrogens is 3. The molecule has 0 N–H and O–H groups in total. The topological polar surface area (TPSA) is 51.0 Å². The first-order chi connectivity index (χ1) is 14.4. The monoisotopic (exact) mass is 450 g/mol. The van der Waals surface area contributed by atoms with Crippen molar-refractivity contribution in [3.63, 3.8) is 0 Å². The maximum Gasteiger partial charge on any atom is 0.261 e. The molecule has 0 unspecified atom stereocenters. The smallest absolute Gasteiger partial charge is 0.261 e. The molecule has 4 rings (SSSR count). The van der Waals surface area contributed by atoms with Crippen molar-refractivity contribution >= 4 is 44.2 Å². The third-order valence-electron chi connectivity index (χ3n) is 4.40. The van der Waals surface area contributed by atoms with Gasteiger partial charge in [-0.05, 0) is 30.7 Å². The number of thiazole rings is 1. The van der Waals surface area contributed by atoms with Crippen LogP contribution in [0.4, 0.5) is 18.3 Å². The van der Waals surface area contributed by atoms with Gasteiger partial charge in [-0.1, -0.05) is 22.9 Å². The molecule has 0 aliphatic carbocycles. The van der Waals surface area contributed by atoms with Crippen molar-refractivity contribution in [2.45, 2.75) is 13.0 Å². The molecule has 1 amide bonds. The Bertz CT molecular complexity index is 1210. The molecule has 2 aromatic carbocycles. The third-order valence-corrected chi connectivity index (χ3v) is 5.73. The summed E-state index contributed by atoms with van der Waals surface area (Å²) >= 11 is 7.06. The van der Waals surface area contributed by atoms with Gasteiger partial charge in [0.05, 0.1) is 21.6 Å². The summed E-state index contributed by atoms with van der Waals surface area (Å²) in [6.45, 7) is 0.809. The normalized spacial score (nSPS) is 11.2. The number of aryl methyl sites for hydroxylation is 1. The van der Waals surface area contributed by atoms with E-state index in [0.717, 1.165) is 29.5 Å². The second-order valence-electron chi connectivity index (χ2n) is 6.47. The minimum Gasteiger partial charge on any atom is -0.337 e. The van der Waals surface area contributed by atoms with Crippen molar-refractivity contribution < 1.29 is 18.0 Å². The maximum atomic E-state index is 14.1. The highest BCUT2D eigenvalue weighted by molar-refractivity contribution is 7.22. The molecular weight excluding hydrogens is 437 g/mol. The molecule has 0 saturated carbocycles. The number of anilines is 1. The van der Waals surface area contributed by atoms with E-state index in [1.165, 1.54) is 17.0 Å². The lowest BCUT2D eigenvalue weighted by molar-refractivity contribution is 0.0986. The van der Waals surface area contributed by atoms with E-state index in [4.69, 9.17) is 11.6 Å². The highest BCUT2D eigenvalue weighted by atomic mass is 35.5. The summed E-state index contributed by atoms with van der Waals surface area (Å²) in [6, 6.07) is 5.38. The number of imidazole rings is 1. The van der Waals surface area contributed by atoms with Gasteiger partial charge in [0, 0.05) is 31.5 Å². The van der Waals surface area contributed by atoms with Crippen molar-refractivity contribution in [1.82, 2.24) is 14.5 Å². The molecule has 0 bridgehead atoms. The van der Waals surface area contributed by atoms with E-state index in [9.17, 15) is 18.0 Å². The molecule has 0 spiro atoms. The highest BCUT2D eigenvalue weighted by Gasteiger charge is 2.24. The van der Waals surface area contributed by atoms with Crippen LogP contribution in [0, 0.1) is 17.5 Å². The zero-order valence-electron chi connectivity index (χ0n) is 15.4. The Morgan fingerprint density at radius 3 is 2.73 bits per heavy atom. The lowest BCUT2D eigenvalue weighted by Gasteiger charge is -2.20. The Morgan fingerprint density at radius 2 is 2.00 bits per heavy atom. The molecule has 0 atom stereocenters. The van der Waals surface area contributed by atoms with E-state index in [1.54, 1.807) is 18.7 Å². The lowest BCUT2D eigenvalue weighted by atomic mass is 10.2. The number of fused-ring (bicyclic) bond motifs is 1. The van der Waals surface area contributed by atoms with E-state index < -0.39 is 23.4 Å². The third kappa shape index (κ3) is 4.17. The maximum absolute atomic E-state index is 14.1. The average molecular weight is 451 g/mol. The summed E-state index contributed by atoms with van der Waals surface area (Å²) < 4.78 is 43.2. The molecule has 10 heteroatoms. The van der Waals surface area contributed by atoms with Crippen LogP contribution in [0.15, 0.2) is 49.1 Å². The predicted molar refractivity (Wildman–Crippen MR) is 109 cm³/mol. The van der Waals surface area contributed by atoms with Crippen LogP contribution in [0.25, 0.3) is 10.2 Å². The van der Waals surface area contributed by atoms with Gasteiger partial charge in [-0.15, -0.1) is 0 Å². The minimum absolute atomic E-state index is 0.0194. The molecule has 4 aromatic rings. The van der Waals surface area contributed by atoms with Crippen LogP contribution in [0.5, 0.6) is 0 Å². The van der Waals surface area contributed by atoms with Gasteiger partial charge >= 0.3 is 0 Å². The van der Waals surface area contributed by atoms with E-state index in [0.29, 0.717) is 13.0 Å². The molecule has 30 heavy (non-hydrogen) atoms. The number of carbonyl (C=O) groups excluding carboxylic acids is 1. The van der Waals surface area contributed by atoms with Gasteiger partial charge < -0.3 is 4.57 Å². The quantitative estimate of drug-likeness (QED) is 0.400. The Kier molecular flexibility index (Phi) is 5.74. The van der Waals surface area contributed by atoms with Gasteiger partial charge in [-0.25, -0.2) is 23.1 Å². The number of hydrogen-bond acceptors (Lipinski definition) is 4. The molecule has 0 fully saturated rings. The Morgan fingerprint density at radius 1 is 1.17 bits per heavy atom. The fourth-order valence-corrected chi connectivity index (χ4v) is 4.26. The molecule has 154 valence electrons. The van der Waals surface area contributed by atoms with Crippen LogP contribution in [-0.2, 0) is 6.54 Å². The van der Waals surface area contributed by atoms with Crippen LogP contribution in [0.1, 0.15) is 16.8 Å². The SMILES string of the molecule is O=C(c1ccc(F)cc1Cl)N(CCCn1ccnc1)c1nc2c(F)cc(F)cc2s1. The van der Waals surface area contributed by atoms with Gasteiger partial charge in [0.1, 0.15) is 17.2 Å². The van der Waals surface area contributed by atoms with E-state index in [2.05, 4.69) is 9.97 Å². The van der Waals surface area contributed by atoms with Crippen LogP contribution < -0.4 is 4.90 Å². The van der Waals surface area contributed by atoms with E-state index >= 15 is 0 Å². The first-order valence-corrected chi connectivity index (χ1v) is 10.1. The summed E-state index contributed by atoms with van der Waals surface area (Å²) in [5, 5.41) is 0.156. The first-order valence-electron chi connectivity index (χ1n) is 8.90.